The van der Waals surface area contributed by atoms with Gasteiger partial charge in [0, 0.05) is 22.8 Å². The van der Waals surface area contributed by atoms with Gasteiger partial charge in [0.1, 0.15) is 22.2 Å². The predicted molar refractivity (Wildman–Crippen MR) is 137 cm³/mol. The lowest BCUT2D eigenvalue weighted by atomic mass is 9.78. The van der Waals surface area contributed by atoms with E-state index in [1.165, 1.54) is 12.1 Å². The van der Waals surface area contributed by atoms with Gasteiger partial charge in [-0.05, 0) is 35.9 Å². The van der Waals surface area contributed by atoms with Crippen molar-refractivity contribution in [1.29, 1.82) is 0 Å². The van der Waals surface area contributed by atoms with Crippen molar-refractivity contribution in [3.63, 3.8) is 0 Å². The van der Waals surface area contributed by atoms with Gasteiger partial charge in [0.05, 0.1) is 19.0 Å². The van der Waals surface area contributed by atoms with Crippen LogP contribution in [0.3, 0.4) is 0 Å². The lowest BCUT2D eigenvalue weighted by Gasteiger charge is -2.37. The number of hydrogen-bond donors (Lipinski definition) is 1. The average molecular weight is 581 g/mol. The van der Waals surface area contributed by atoms with E-state index in [1.807, 2.05) is 0 Å². The van der Waals surface area contributed by atoms with E-state index in [2.05, 4.69) is 20.3 Å². The summed E-state index contributed by atoms with van der Waals surface area (Å²) in [5, 5.41) is 2.69. The van der Waals surface area contributed by atoms with Crippen molar-refractivity contribution >= 4 is 46.3 Å². The molecule has 5 rings (SSSR count). The Morgan fingerprint density at radius 1 is 1.15 bits per heavy atom. The third kappa shape index (κ3) is 5.54. The van der Waals surface area contributed by atoms with E-state index in [-0.39, 0.29) is 32.9 Å². The van der Waals surface area contributed by atoms with Crippen LogP contribution >= 0.6 is 23.4 Å². The van der Waals surface area contributed by atoms with Crippen molar-refractivity contribution in [1.82, 2.24) is 15.3 Å². The fourth-order valence-corrected chi connectivity index (χ4v) is 5.79. The third-order valence-electron chi connectivity index (χ3n) is 6.36. The summed E-state index contributed by atoms with van der Waals surface area (Å²) < 4.78 is 77.0. The molecule has 13 heteroatoms. The number of alkyl halides is 3. The molecular formula is C26H18ClF5N4O2S. The maximum Gasteiger partial charge on any atom is 0.415 e. The summed E-state index contributed by atoms with van der Waals surface area (Å²) in [6.45, 7) is -0.595. The smallest absolute Gasteiger partial charge is 0.365 e. The molecule has 6 nitrogen and oxygen atoms in total. The van der Waals surface area contributed by atoms with Gasteiger partial charge in [-0.25, -0.2) is 23.7 Å². The highest BCUT2D eigenvalue weighted by Gasteiger charge is 2.62. The van der Waals surface area contributed by atoms with Gasteiger partial charge >= 0.3 is 6.18 Å². The number of ether oxygens (including phenoxy) is 1. The Labute approximate surface area is 228 Å². The van der Waals surface area contributed by atoms with E-state index in [4.69, 9.17) is 16.3 Å². The van der Waals surface area contributed by atoms with Crippen LogP contribution in [0.1, 0.15) is 27.2 Å². The molecular weight excluding hydrogens is 563 g/mol. The molecule has 3 atom stereocenters. The van der Waals surface area contributed by atoms with Gasteiger partial charge in [-0.15, -0.1) is 0 Å². The molecule has 2 aromatic carbocycles. The first-order valence-electron chi connectivity index (χ1n) is 11.5. The maximum absolute atomic E-state index is 15.3. The number of fused-ring (bicyclic) bond motifs is 1. The summed E-state index contributed by atoms with van der Waals surface area (Å²) >= 11 is 6.60. The first-order chi connectivity index (χ1) is 18.6. The van der Waals surface area contributed by atoms with Crippen LogP contribution in [0.25, 0.3) is 11.9 Å². The van der Waals surface area contributed by atoms with Crippen LogP contribution in [-0.2, 0) is 10.3 Å². The van der Waals surface area contributed by atoms with Crippen LogP contribution in [0.2, 0.25) is 5.15 Å². The normalized spacial score (nSPS) is 23.2. The summed E-state index contributed by atoms with van der Waals surface area (Å²) in [5.74, 6) is -3.66. The van der Waals surface area contributed by atoms with E-state index in [0.717, 1.165) is 36.3 Å². The number of nitrogens with one attached hydrogen (secondary N) is 1. The molecule has 0 unspecified atom stereocenters. The zero-order chi connectivity index (χ0) is 27.8. The van der Waals surface area contributed by atoms with Gasteiger partial charge in [0.2, 0.25) is 0 Å². The molecule has 1 amide bonds. The van der Waals surface area contributed by atoms with Gasteiger partial charge in [0.25, 0.3) is 5.91 Å². The van der Waals surface area contributed by atoms with Gasteiger partial charge in [0.15, 0.2) is 17.1 Å². The zero-order valence-electron chi connectivity index (χ0n) is 19.8. The molecule has 1 aromatic heterocycles. The largest absolute Gasteiger partial charge is 0.415 e. The van der Waals surface area contributed by atoms with E-state index in [1.54, 1.807) is 30.3 Å². The average Bonchev–Trinajstić information content (AvgIpc) is 3.31. The lowest BCUT2D eigenvalue weighted by Crippen LogP contribution is -2.47. The standard InChI is InChI=1S/C26H18ClF5N4O2S/c27-21-11-33-20(10-34-21)19(29)9-14-6-7-18(28)16(8-14)25-13-38-22(26(30,31)32)17(25)12-39-24(36-25)35-23(37)15-4-2-1-3-5-15/h1-11,17,22H,12-13H2,(H,35,36,37)/b19-9-/t17-,22+,25-/m1/s1. The number of amides is 1. The molecule has 1 fully saturated rings. The van der Waals surface area contributed by atoms with Crippen LogP contribution in [0.15, 0.2) is 65.9 Å². The summed E-state index contributed by atoms with van der Waals surface area (Å²) in [4.78, 5) is 24.8. The van der Waals surface area contributed by atoms with Crippen LogP contribution in [-0.4, -0.2) is 45.7 Å². The molecule has 2 aliphatic rings. The molecule has 3 aromatic rings. The lowest BCUT2D eigenvalue weighted by molar-refractivity contribution is -0.215. The van der Waals surface area contributed by atoms with Crippen molar-refractivity contribution in [3.05, 3.63) is 94.3 Å². The second-order valence-electron chi connectivity index (χ2n) is 8.81. The molecule has 3 heterocycles. The molecule has 0 radical (unpaired) electrons. The van der Waals surface area contributed by atoms with Crippen LogP contribution in [0.4, 0.5) is 22.0 Å². The molecule has 0 saturated carbocycles. The molecule has 0 spiro atoms. The number of thioether (sulfide) groups is 1. The zero-order valence-corrected chi connectivity index (χ0v) is 21.3. The van der Waals surface area contributed by atoms with Gasteiger partial charge < -0.3 is 10.1 Å². The summed E-state index contributed by atoms with van der Waals surface area (Å²) in [7, 11) is 0. The summed E-state index contributed by atoms with van der Waals surface area (Å²) in [6.07, 6.45) is -3.64. The SMILES string of the molecule is O=C(NC1=N[C@@]2(c3cc(/C=C(\F)c4cnc(Cl)cn4)ccc3F)CO[C@H](C(F)(F)F)[C@H]2CS1)c1ccccc1. The minimum atomic E-state index is -4.74. The Morgan fingerprint density at radius 3 is 2.62 bits per heavy atom. The maximum atomic E-state index is 15.3. The van der Waals surface area contributed by atoms with E-state index < -0.39 is 47.9 Å². The highest BCUT2D eigenvalue weighted by molar-refractivity contribution is 8.13. The van der Waals surface area contributed by atoms with E-state index in [0.29, 0.717) is 5.56 Å². The minimum absolute atomic E-state index is 0.0227. The van der Waals surface area contributed by atoms with Crippen molar-refractivity contribution < 1.29 is 31.5 Å². The molecule has 2 aliphatic heterocycles. The number of aromatic nitrogens is 2. The molecule has 1 saturated heterocycles. The Hall–Kier alpha value is -3.35. The summed E-state index contributed by atoms with van der Waals surface area (Å²) in [5.41, 5.74) is -1.72. The van der Waals surface area contributed by atoms with E-state index in [9.17, 15) is 22.4 Å². The summed E-state index contributed by atoms with van der Waals surface area (Å²) in [6, 6.07) is 11.7. The number of hydrogen-bond acceptors (Lipinski definition) is 6. The first kappa shape index (κ1) is 27.2. The number of nitrogens with zero attached hydrogens (tertiary/aromatic N) is 3. The number of amidine groups is 1. The highest BCUT2D eigenvalue weighted by atomic mass is 35.5. The minimum Gasteiger partial charge on any atom is -0.365 e. The molecule has 1 N–H and O–H groups in total. The van der Waals surface area contributed by atoms with Crippen molar-refractivity contribution in [2.75, 3.05) is 12.4 Å². The number of aliphatic imine (C=N–C) groups is 1. The Bertz CT molecular complexity index is 1450. The van der Waals surface area contributed by atoms with Gasteiger partial charge in [-0.1, -0.05) is 47.6 Å². The van der Waals surface area contributed by atoms with Gasteiger partial charge in [-0.3, -0.25) is 4.79 Å². The van der Waals surface area contributed by atoms with Crippen LogP contribution in [0.5, 0.6) is 0 Å². The Kier molecular flexibility index (Phi) is 7.45. The number of carbonyl (C=O) groups excluding carboxylic acids is 1. The van der Waals surface area contributed by atoms with Crippen molar-refractivity contribution in [3.8, 4) is 0 Å². The molecule has 0 aliphatic carbocycles. The number of rotatable bonds is 4. The third-order valence-corrected chi connectivity index (χ3v) is 7.54. The van der Waals surface area contributed by atoms with E-state index >= 15 is 4.39 Å². The van der Waals surface area contributed by atoms with Crippen molar-refractivity contribution in [2.24, 2.45) is 10.9 Å². The molecule has 0 bridgehead atoms. The molecule has 202 valence electrons. The van der Waals surface area contributed by atoms with Crippen molar-refractivity contribution in [2.45, 2.75) is 17.8 Å². The number of carbonyl (C=O) groups is 1. The Balaban J connectivity index is 1.56. The Morgan fingerprint density at radius 2 is 1.92 bits per heavy atom. The second-order valence-corrected chi connectivity index (χ2v) is 10.2. The molecule has 39 heavy (non-hydrogen) atoms. The van der Waals surface area contributed by atoms with Gasteiger partial charge in [-0.2, -0.15) is 13.2 Å². The quantitative estimate of drug-likeness (QED) is 0.381. The first-order valence-corrected chi connectivity index (χ1v) is 12.9. The topological polar surface area (TPSA) is 76.5 Å². The monoisotopic (exact) mass is 580 g/mol. The highest BCUT2D eigenvalue weighted by Crippen LogP contribution is 2.52. The predicted octanol–water partition coefficient (Wildman–Crippen LogP) is 6.04. The second kappa shape index (κ2) is 10.7. The number of halogens is 6. The number of benzene rings is 2. The van der Waals surface area contributed by atoms with Crippen LogP contribution < -0.4 is 5.32 Å². The fraction of sp³-hybridized carbons (Fsp3) is 0.231. The van der Waals surface area contributed by atoms with Crippen LogP contribution in [0, 0.1) is 11.7 Å². The fourth-order valence-electron chi connectivity index (χ4n) is 4.52.